The molecular weight excluding hydrogens is 494 g/mol. The van der Waals surface area contributed by atoms with Gasteiger partial charge < -0.3 is 10.2 Å². The van der Waals surface area contributed by atoms with Crippen LogP contribution in [0.25, 0.3) is 0 Å². The van der Waals surface area contributed by atoms with Crippen LogP contribution in [-0.4, -0.2) is 49.0 Å². The Bertz CT molecular complexity index is 1300. The number of aromatic nitrogens is 1. The lowest BCUT2D eigenvalue weighted by Gasteiger charge is -2.25. The maximum Gasteiger partial charge on any atom is 0.265 e. The predicted octanol–water partition coefficient (Wildman–Crippen LogP) is 4.01. The van der Waals surface area contributed by atoms with Crippen LogP contribution in [0.3, 0.4) is 0 Å². The molecule has 1 N–H and O–H groups in total. The minimum absolute atomic E-state index is 0.0266. The topological polar surface area (TPSA) is 96.4 Å². The van der Waals surface area contributed by atoms with Gasteiger partial charge in [-0.1, -0.05) is 54.1 Å². The first-order valence-corrected chi connectivity index (χ1v) is 13.7. The Labute approximate surface area is 207 Å². The van der Waals surface area contributed by atoms with Crippen molar-refractivity contribution in [2.24, 2.45) is 0 Å². The molecule has 34 heavy (non-hydrogen) atoms. The first-order valence-electron chi connectivity index (χ1n) is 10.9. The molecule has 1 aromatic heterocycles. The van der Waals surface area contributed by atoms with Crippen molar-refractivity contribution < 1.29 is 18.0 Å². The maximum absolute atomic E-state index is 12.9. The first-order chi connectivity index (χ1) is 16.2. The Morgan fingerprint density at radius 1 is 1.12 bits per heavy atom. The number of anilines is 1. The number of amides is 2. The van der Waals surface area contributed by atoms with E-state index in [0.717, 1.165) is 12.0 Å². The number of thiazole rings is 1. The molecule has 2 heterocycles. The highest BCUT2D eigenvalue weighted by atomic mass is 35.5. The van der Waals surface area contributed by atoms with Crippen molar-refractivity contribution >= 4 is 49.7 Å². The van der Waals surface area contributed by atoms with Gasteiger partial charge in [-0.15, -0.1) is 0 Å². The van der Waals surface area contributed by atoms with E-state index in [1.165, 1.54) is 23.5 Å². The largest absolute Gasteiger partial charge is 0.337 e. The number of carbonyl (C=O) groups excluding carboxylic acids is 2. The third-order valence-electron chi connectivity index (χ3n) is 5.65. The van der Waals surface area contributed by atoms with Crippen LogP contribution in [0.1, 0.15) is 33.4 Å². The summed E-state index contributed by atoms with van der Waals surface area (Å²) in [6.07, 6.45) is 1.46. The molecule has 0 spiro atoms. The second kappa shape index (κ2) is 10.2. The van der Waals surface area contributed by atoms with Gasteiger partial charge in [-0.05, 0) is 41.8 Å². The van der Waals surface area contributed by atoms with Crippen LogP contribution < -0.4 is 5.32 Å². The van der Waals surface area contributed by atoms with E-state index in [4.69, 9.17) is 11.6 Å². The second-order valence-corrected chi connectivity index (χ2v) is 11.7. The van der Waals surface area contributed by atoms with Crippen molar-refractivity contribution in [3.05, 3.63) is 75.3 Å². The molecule has 2 amide bonds. The smallest absolute Gasteiger partial charge is 0.265 e. The number of hydrogen-bond acceptors (Lipinski definition) is 6. The predicted molar refractivity (Wildman–Crippen MR) is 133 cm³/mol. The van der Waals surface area contributed by atoms with E-state index < -0.39 is 9.84 Å². The van der Waals surface area contributed by atoms with E-state index >= 15 is 0 Å². The van der Waals surface area contributed by atoms with E-state index in [9.17, 15) is 18.0 Å². The van der Waals surface area contributed by atoms with E-state index in [0.29, 0.717) is 45.8 Å². The summed E-state index contributed by atoms with van der Waals surface area (Å²) in [6, 6.07) is 13.9. The Balaban J connectivity index is 1.35. The van der Waals surface area contributed by atoms with Gasteiger partial charge in [0.05, 0.1) is 22.8 Å². The molecule has 0 fully saturated rings. The highest BCUT2D eigenvalue weighted by molar-refractivity contribution is 7.91. The lowest BCUT2D eigenvalue weighted by molar-refractivity contribution is -0.115. The molecule has 1 aliphatic heterocycles. The number of benzene rings is 2. The molecule has 10 heteroatoms. The summed E-state index contributed by atoms with van der Waals surface area (Å²) in [5.41, 5.74) is 2.51. The van der Waals surface area contributed by atoms with Crippen LogP contribution in [-0.2, 0) is 33.9 Å². The number of fused-ring (bicyclic) bond motifs is 1. The SMILES string of the molecule is CCS(=O)(=O)c1ccc(CC(=O)Nc2nc3c(s2)C(=O)N(CCc2ccc(Cl)cc2)CC3)cc1. The lowest BCUT2D eigenvalue weighted by Crippen LogP contribution is -2.38. The summed E-state index contributed by atoms with van der Waals surface area (Å²) in [5.74, 6) is -0.316. The number of halogens is 1. The normalized spacial score (nSPS) is 13.6. The number of carbonyl (C=O) groups is 2. The van der Waals surface area contributed by atoms with Crippen molar-refractivity contribution in [3.63, 3.8) is 0 Å². The fourth-order valence-electron chi connectivity index (χ4n) is 3.69. The second-order valence-electron chi connectivity index (χ2n) is 7.99. The first kappa shape index (κ1) is 24.4. The van der Waals surface area contributed by atoms with Crippen molar-refractivity contribution in [1.82, 2.24) is 9.88 Å². The van der Waals surface area contributed by atoms with E-state index in [2.05, 4.69) is 10.3 Å². The van der Waals surface area contributed by atoms with Crippen LogP contribution in [0.15, 0.2) is 53.4 Å². The van der Waals surface area contributed by atoms with Crippen molar-refractivity contribution in [2.75, 3.05) is 24.2 Å². The molecule has 0 saturated carbocycles. The lowest BCUT2D eigenvalue weighted by atomic mass is 10.1. The standard InChI is InChI=1S/C24H24ClN3O4S2/c1-2-34(31,32)19-9-5-17(6-10-19)15-21(29)27-24-26-20-12-14-28(23(30)22(20)33-24)13-11-16-3-7-18(25)8-4-16/h3-10H,2,11-15H2,1H3,(H,26,27,29). The van der Waals surface area contributed by atoms with Crippen LogP contribution in [0.4, 0.5) is 5.13 Å². The minimum Gasteiger partial charge on any atom is -0.337 e. The molecule has 178 valence electrons. The fourth-order valence-corrected chi connectivity index (χ4v) is 5.69. The number of sulfone groups is 1. The molecule has 0 saturated heterocycles. The Hall–Kier alpha value is -2.75. The molecule has 0 radical (unpaired) electrons. The summed E-state index contributed by atoms with van der Waals surface area (Å²) in [5, 5.41) is 3.85. The van der Waals surface area contributed by atoms with Gasteiger partial charge in [-0.25, -0.2) is 13.4 Å². The summed E-state index contributed by atoms with van der Waals surface area (Å²) in [7, 11) is -3.28. The highest BCUT2D eigenvalue weighted by Crippen LogP contribution is 2.28. The number of nitrogens with one attached hydrogen (secondary N) is 1. The fraction of sp³-hybridized carbons (Fsp3) is 0.292. The molecule has 3 aromatic rings. The van der Waals surface area contributed by atoms with Crippen LogP contribution >= 0.6 is 22.9 Å². The molecule has 0 bridgehead atoms. The number of nitrogens with zero attached hydrogens (tertiary/aromatic N) is 2. The molecule has 0 atom stereocenters. The van der Waals surface area contributed by atoms with Gasteiger partial charge in [0, 0.05) is 24.5 Å². The molecule has 0 aliphatic carbocycles. The summed E-state index contributed by atoms with van der Waals surface area (Å²) in [4.78, 5) is 32.5. The van der Waals surface area contributed by atoms with E-state index in [-0.39, 0.29) is 28.9 Å². The van der Waals surface area contributed by atoms with Crippen molar-refractivity contribution in [1.29, 1.82) is 0 Å². The van der Waals surface area contributed by atoms with Gasteiger partial charge in [-0.3, -0.25) is 9.59 Å². The molecule has 4 rings (SSSR count). The van der Waals surface area contributed by atoms with Crippen molar-refractivity contribution in [3.8, 4) is 0 Å². The zero-order chi connectivity index (χ0) is 24.3. The third kappa shape index (κ3) is 5.65. The Kier molecular flexibility index (Phi) is 7.35. The van der Waals surface area contributed by atoms with Crippen LogP contribution in [0, 0.1) is 0 Å². The maximum atomic E-state index is 12.9. The monoisotopic (exact) mass is 517 g/mol. The molecular formula is C24H24ClN3O4S2. The molecule has 2 aromatic carbocycles. The summed E-state index contributed by atoms with van der Waals surface area (Å²) < 4.78 is 23.8. The molecule has 7 nitrogen and oxygen atoms in total. The van der Waals surface area contributed by atoms with Gasteiger partial charge >= 0.3 is 0 Å². The van der Waals surface area contributed by atoms with E-state index in [1.54, 1.807) is 19.1 Å². The summed E-state index contributed by atoms with van der Waals surface area (Å²) >= 11 is 7.12. The molecule has 1 aliphatic rings. The van der Waals surface area contributed by atoms with Gasteiger partial charge in [0.15, 0.2) is 15.0 Å². The zero-order valence-electron chi connectivity index (χ0n) is 18.6. The molecule has 0 unspecified atom stereocenters. The zero-order valence-corrected chi connectivity index (χ0v) is 21.0. The minimum atomic E-state index is -3.28. The average molecular weight is 518 g/mol. The quantitative estimate of drug-likeness (QED) is 0.487. The van der Waals surface area contributed by atoms with E-state index in [1.807, 2.05) is 29.2 Å². The van der Waals surface area contributed by atoms with Gasteiger partial charge in [0.25, 0.3) is 5.91 Å². The van der Waals surface area contributed by atoms with Gasteiger partial charge in [-0.2, -0.15) is 0 Å². The average Bonchev–Trinajstić information content (AvgIpc) is 3.23. The number of hydrogen-bond donors (Lipinski definition) is 1. The van der Waals surface area contributed by atoms with Crippen LogP contribution in [0.5, 0.6) is 0 Å². The Morgan fingerprint density at radius 3 is 2.47 bits per heavy atom. The van der Waals surface area contributed by atoms with Gasteiger partial charge in [0.2, 0.25) is 5.91 Å². The van der Waals surface area contributed by atoms with Crippen LogP contribution in [0.2, 0.25) is 5.02 Å². The highest BCUT2D eigenvalue weighted by Gasteiger charge is 2.28. The summed E-state index contributed by atoms with van der Waals surface area (Å²) in [6.45, 7) is 2.78. The van der Waals surface area contributed by atoms with Crippen molar-refractivity contribution in [2.45, 2.75) is 31.1 Å². The Morgan fingerprint density at radius 2 is 1.79 bits per heavy atom. The number of rotatable bonds is 8. The van der Waals surface area contributed by atoms with Gasteiger partial charge in [0.1, 0.15) is 4.88 Å². The third-order valence-corrected chi connectivity index (χ3v) is 8.66.